The Bertz CT molecular complexity index is 1540. The van der Waals surface area contributed by atoms with E-state index in [0.29, 0.717) is 35.1 Å². The first-order valence-corrected chi connectivity index (χ1v) is 15.4. The summed E-state index contributed by atoms with van der Waals surface area (Å²) in [5, 5.41) is 0. The molecule has 0 amide bonds. The molecule has 1 aromatic heterocycles. The molecule has 0 radical (unpaired) electrons. The summed E-state index contributed by atoms with van der Waals surface area (Å²) < 4.78 is 36.7. The van der Waals surface area contributed by atoms with Crippen LogP contribution in [-0.2, 0) is 20.7 Å². The molecule has 2 aromatic carbocycles. The molecule has 0 aliphatic rings. The molecule has 0 aliphatic carbocycles. The molecule has 44 heavy (non-hydrogen) atoms. The summed E-state index contributed by atoms with van der Waals surface area (Å²) in [5.74, 6) is -2.46. The second-order valence-corrected chi connectivity index (χ2v) is 12.1. The van der Waals surface area contributed by atoms with Gasteiger partial charge in [-0.25, -0.2) is 8.78 Å². The number of carbonyl (C=O) groups is 2. The number of esters is 1. The summed E-state index contributed by atoms with van der Waals surface area (Å²) in [6, 6.07) is 7.04. The third kappa shape index (κ3) is 8.50. The van der Waals surface area contributed by atoms with Gasteiger partial charge in [0.05, 0.1) is 19.1 Å². The molecule has 0 bridgehead atoms. The third-order valence-corrected chi connectivity index (χ3v) is 8.17. The highest BCUT2D eigenvalue weighted by atomic mass is 19.1. The van der Waals surface area contributed by atoms with Crippen molar-refractivity contribution >= 4 is 11.8 Å². The lowest BCUT2D eigenvalue weighted by atomic mass is 9.84. The van der Waals surface area contributed by atoms with Crippen molar-refractivity contribution < 1.29 is 23.1 Å². The molecule has 0 spiro atoms. The fraction of sp³-hybridized carbons (Fsp3) is 0.472. The zero-order valence-electron chi connectivity index (χ0n) is 27.4. The van der Waals surface area contributed by atoms with E-state index in [4.69, 9.17) is 4.74 Å². The Labute approximate surface area is 260 Å². The Hall–Kier alpha value is -3.65. The number of Topliss-reactive ketones (excluding diaryl/α,β-unsaturated/α-hetero) is 1. The molecular formula is C36H46F2N2O4. The van der Waals surface area contributed by atoms with Crippen molar-refractivity contribution in [2.45, 2.75) is 85.6 Å². The smallest absolute Gasteiger partial charge is 0.306 e. The number of likely N-dealkylation sites (N-methyl/N-ethyl adjacent to an activating group) is 1. The molecule has 2 atom stereocenters. The highest BCUT2D eigenvalue weighted by Gasteiger charge is 2.30. The van der Waals surface area contributed by atoms with Gasteiger partial charge in [-0.3, -0.25) is 14.4 Å². The van der Waals surface area contributed by atoms with E-state index >= 15 is 4.39 Å². The van der Waals surface area contributed by atoms with Gasteiger partial charge in [-0.15, -0.1) is 0 Å². The van der Waals surface area contributed by atoms with Crippen LogP contribution in [0.5, 0.6) is 0 Å². The van der Waals surface area contributed by atoms with Crippen LogP contribution >= 0.6 is 0 Å². The van der Waals surface area contributed by atoms with Gasteiger partial charge in [0.1, 0.15) is 11.6 Å². The number of ether oxygens (including phenoxy) is 1. The molecule has 0 fully saturated rings. The Morgan fingerprint density at radius 3 is 2.16 bits per heavy atom. The number of aryl methyl sites for hydroxylation is 4. The largest absolute Gasteiger partial charge is 0.466 e. The molecule has 0 aliphatic heterocycles. The fourth-order valence-corrected chi connectivity index (χ4v) is 5.96. The van der Waals surface area contributed by atoms with Crippen LogP contribution in [0.1, 0.15) is 84.9 Å². The Morgan fingerprint density at radius 2 is 1.57 bits per heavy atom. The molecule has 238 valence electrons. The average molecular weight is 609 g/mol. The minimum atomic E-state index is -0.824. The first kappa shape index (κ1) is 34.8. The predicted molar refractivity (Wildman–Crippen MR) is 171 cm³/mol. The Balaban J connectivity index is 2.10. The molecule has 0 saturated heterocycles. The van der Waals surface area contributed by atoms with Gasteiger partial charge >= 0.3 is 5.97 Å². The highest BCUT2D eigenvalue weighted by Crippen LogP contribution is 2.36. The number of rotatable bonds is 14. The van der Waals surface area contributed by atoms with Crippen molar-refractivity contribution in [1.82, 2.24) is 9.47 Å². The predicted octanol–water partition coefficient (Wildman–Crippen LogP) is 7.17. The molecule has 8 heteroatoms. The van der Waals surface area contributed by atoms with E-state index in [0.717, 1.165) is 29.7 Å². The van der Waals surface area contributed by atoms with Gasteiger partial charge in [-0.2, -0.15) is 0 Å². The van der Waals surface area contributed by atoms with Gasteiger partial charge in [0, 0.05) is 31.1 Å². The van der Waals surface area contributed by atoms with Crippen molar-refractivity contribution in [3.05, 3.63) is 91.9 Å². The van der Waals surface area contributed by atoms with Crippen molar-refractivity contribution in [3.63, 3.8) is 0 Å². The number of nitrogens with zero attached hydrogens (tertiary/aromatic N) is 2. The Kier molecular flexibility index (Phi) is 12.2. The van der Waals surface area contributed by atoms with Crippen molar-refractivity contribution in [2.24, 2.45) is 0 Å². The number of hydrogen-bond donors (Lipinski definition) is 0. The van der Waals surface area contributed by atoms with Crippen LogP contribution in [0.15, 0.2) is 41.3 Å². The highest BCUT2D eigenvalue weighted by molar-refractivity contribution is 5.84. The van der Waals surface area contributed by atoms with Crippen LogP contribution in [0, 0.1) is 39.3 Å². The second-order valence-electron chi connectivity index (χ2n) is 12.1. The second kappa shape index (κ2) is 15.4. The van der Waals surface area contributed by atoms with E-state index in [9.17, 15) is 18.8 Å². The van der Waals surface area contributed by atoms with Crippen LogP contribution in [-0.4, -0.2) is 48.5 Å². The first-order valence-electron chi connectivity index (χ1n) is 15.4. The number of benzene rings is 2. The Morgan fingerprint density at radius 1 is 0.909 bits per heavy atom. The molecule has 3 aromatic rings. The maximum Gasteiger partial charge on any atom is 0.306 e. The standard InChI is InChI=1S/C36H46F2N2O4/c1-9-11-31(40-21-26(12-13-39(7)8)22(3)17-33(40)42)32(41)19-27(20-34(43)44-10-2)30-18-28(14-25(6)36(30)38)35-23(4)15-29(37)16-24(35)5/h14-18,21,27,31H,9-13,19-20H2,1-8H3/t27-,31?/m0/s1. The first-order chi connectivity index (χ1) is 20.8. The fourth-order valence-electron chi connectivity index (χ4n) is 5.96. The average Bonchev–Trinajstić information content (AvgIpc) is 2.92. The van der Waals surface area contributed by atoms with Crippen LogP contribution in [0.4, 0.5) is 8.78 Å². The number of aromatic nitrogens is 1. The van der Waals surface area contributed by atoms with E-state index in [1.807, 2.05) is 27.9 Å². The quantitative estimate of drug-likeness (QED) is 0.182. The number of halogens is 2. The summed E-state index contributed by atoms with van der Waals surface area (Å²) in [7, 11) is 3.96. The van der Waals surface area contributed by atoms with Gasteiger partial charge in [0.15, 0.2) is 5.78 Å². The van der Waals surface area contributed by atoms with Crippen LogP contribution in [0.3, 0.4) is 0 Å². The topological polar surface area (TPSA) is 68.6 Å². The molecule has 1 heterocycles. The van der Waals surface area contributed by atoms with Crippen LogP contribution in [0.2, 0.25) is 0 Å². The lowest BCUT2D eigenvalue weighted by Gasteiger charge is -2.24. The minimum absolute atomic E-state index is 0.155. The normalized spacial score (nSPS) is 12.8. The van der Waals surface area contributed by atoms with Crippen molar-refractivity contribution in [1.29, 1.82) is 0 Å². The van der Waals surface area contributed by atoms with Gasteiger partial charge in [0.25, 0.3) is 5.56 Å². The maximum absolute atomic E-state index is 15.9. The minimum Gasteiger partial charge on any atom is -0.466 e. The maximum atomic E-state index is 15.9. The van der Waals surface area contributed by atoms with Gasteiger partial charge in [-0.05, 0) is 130 Å². The van der Waals surface area contributed by atoms with E-state index in [1.54, 1.807) is 52.1 Å². The molecular weight excluding hydrogens is 562 g/mol. The molecule has 0 saturated carbocycles. The molecule has 6 nitrogen and oxygen atoms in total. The summed E-state index contributed by atoms with van der Waals surface area (Å²) in [4.78, 5) is 42.1. The molecule has 0 N–H and O–H groups in total. The summed E-state index contributed by atoms with van der Waals surface area (Å²) in [5.41, 5.74) is 5.02. The number of ketones is 1. The van der Waals surface area contributed by atoms with E-state index in [1.165, 1.54) is 16.7 Å². The van der Waals surface area contributed by atoms with E-state index < -0.39 is 23.7 Å². The third-order valence-electron chi connectivity index (χ3n) is 8.17. The summed E-state index contributed by atoms with van der Waals surface area (Å²) in [6.07, 6.45) is 3.23. The summed E-state index contributed by atoms with van der Waals surface area (Å²) in [6.45, 7) is 11.7. The van der Waals surface area contributed by atoms with Gasteiger partial charge < -0.3 is 14.2 Å². The lowest BCUT2D eigenvalue weighted by Crippen LogP contribution is -2.31. The number of pyridine rings is 1. The lowest BCUT2D eigenvalue weighted by molar-refractivity contribution is -0.143. The van der Waals surface area contributed by atoms with E-state index in [2.05, 4.69) is 4.90 Å². The van der Waals surface area contributed by atoms with Crippen LogP contribution < -0.4 is 5.56 Å². The number of carbonyl (C=O) groups excluding carboxylic acids is 2. The molecule has 1 unspecified atom stereocenters. The van der Waals surface area contributed by atoms with Crippen LogP contribution in [0.25, 0.3) is 11.1 Å². The zero-order valence-corrected chi connectivity index (χ0v) is 27.4. The SMILES string of the molecule is CCCC(C(=O)C[C@@H](CC(=O)OCC)c1cc(-c2c(C)cc(F)cc2C)cc(C)c1F)n1cc(CCN(C)C)c(C)cc1=O. The van der Waals surface area contributed by atoms with Gasteiger partial charge in [-0.1, -0.05) is 13.3 Å². The summed E-state index contributed by atoms with van der Waals surface area (Å²) >= 11 is 0. The van der Waals surface area contributed by atoms with Crippen molar-refractivity contribution in [3.8, 4) is 11.1 Å². The zero-order chi connectivity index (χ0) is 32.7. The van der Waals surface area contributed by atoms with Crippen molar-refractivity contribution in [2.75, 3.05) is 27.2 Å². The monoisotopic (exact) mass is 608 g/mol. The molecule has 3 rings (SSSR count). The van der Waals surface area contributed by atoms with E-state index in [-0.39, 0.29) is 42.2 Å². The van der Waals surface area contributed by atoms with Gasteiger partial charge in [0.2, 0.25) is 0 Å². The number of hydrogen-bond acceptors (Lipinski definition) is 5.